The van der Waals surface area contributed by atoms with Crippen molar-refractivity contribution in [3.8, 4) is 5.75 Å². The second kappa shape index (κ2) is 9.07. The first-order chi connectivity index (χ1) is 13.4. The van der Waals surface area contributed by atoms with Gasteiger partial charge in [0.15, 0.2) is 4.34 Å². The second-order valence-corrected chi connectivity index (χ2v) is 8.84. The van der Waals surface area contributed by atoms with Crippen LogP contribution in [0.5, 0.6) is 5.75 Å². The largest absolute Gasteiger partial charge is 0.497 e. The normalized spacial score (nSPS) is 11.7. The Kier molecular flexibility index (Phi) is 6.53. The quantitative estimate of drug-likeness (QED) is 0.528. The monoisotopic (exact) mass is 414 g/mol. The molecule has 0 aliphatic heterocycles. The van der Waals surface area contributed by atoms with Gasteiger partial charge in [0.1, 0.15) is 5.75 Å². The summed E-state index contributed by atoms with van der Waals surface area (Å²) < 4.78 is 5.91. The molecule has 0 bridgehead atoms. The standard InChI is InChI=1S/C20H22N4O2S2/c1-12-8-9-16(10-13(12)2)22-19-23-24-20(28-19)27-14(3)18(25)21-15-6-5-7-17(11-15)26-4/h5-11,14H,1-4H3,(H,21,25)(H,22,23)/t14-/m1/s1. The van der Waals surface area contributed by atoms with Gasteiger partial charge in [-0.2, -0.15) is 0 Å². The fraction of sp³-hybridized carbons (Fsp3) is 0.250. The lowest BCUT2D eigenvalue weighted by atomic mass is 10.1. The van der Waals surface area contributed by atoms with Crippen LogP contribution >= 0.6 is 23.1 Å². The van der Waals surface area contributed by atoms with Crippen LogP contribution in [0.3, 0.4) is 0 Å². The van der Waals surface area contributed by atoms with Crippen LogP contribution in [-0.2, 0) is 4.79 Å². The zero-order valence-electron chi connectivity index (χ0n) is 16.1. The Morgan fingerprint density at radius 1 is 1.11 bits per heavy atom. The van der Waals surface area contributed by atoms with Crippen molar-refractivity contribution in [3.05, 3.63) is 53.6 Å². The highest BCUT2D eigenvalue weighted by atomic mass is 32.2. The van der Waals surface area contributed by atoms with E-state index < -0.39 is 0 Å². The molecule has 1 aromatic heterocycles. The number of hydrogen-bond acceptors (Lipinski definition) is 7. The van der Waals surface area contributed by atoms with E-state index in [-0.39, 0.29) is 11.2 Å². The molecule has 3 rings (SSSR count). The average Bonchev–Trinajstić information content (AvgIpc) is 3.11. The van der Waals surface area contributed by atoms with Crippen LogP contribution in [0.25, 0.3) is 0 Å². The van der Waals surface area contributed by atoms with E-state index in [1.807, 2.05) is 31.2 Å². The number of thioether (sulfide) groups is 1. The molecular weight excluding hydrogens is 392 g/mol. The summed E-state index contributed by atoms with van der Waals surface area (Å²) in [6, 6.07) is 13.4. The summed E-state index contributed by atoms with van der Waals surface area (Å²) >= 11 is 2.80. The van der Waals surface area contributed by atoms with Gasteiger partial charge in [-0.05, 0) is 56.2 Å². The Bertz CT molecular complexity index is 974. The van der Waals surface area contributed by atoms with Gasteiger partial charge in [0.25, 0.3) is 0 Å². The maximum Gasteiger partial charge on any atom is 0.237 e. The molecule has 6 nitrogen and oxygen atoms in total. The first-order valence-electron chi connectivity index (χ1n) is 8.74. The molecule has 0 saturated heterocycles. The van der Waals surface area contributed by atoms with Gasteiger partial charge in [-0.1, -0.05) is 35.2 Å². The molecule has 146 valence electrons. The first-order valence-corrected chi connectivity index (χ1v) is 10.4. The van der Waals surface area contributed by atoms with Crippen molar-refractivity contribution in [2.75, 3.05) is 17.7 Å². The number of anilines is 3. The van der Waals surface area contributed by atoms with Crippen LogP contribution in [0.2, 0.25) is 0 Å². The minimum atomic E-state index is -0.311. The van der Waals surface area contributed by atoms with Crippen LogP contribution in [0, 0.1) is 13.8 Å². The van der Waals surface area contributed by atoms with Crippen LogP contribution in [0.1, 0.15) is 18.1 Å². The highest BCUT2D eigenvalue weighted by molar-refractivity contribution is 8.02. The third kappa shape index (κ3) is 5.24. The summed E-state index contributed by atoms with van der Waals surface area (Å²) in [6.45, 7) is 6.00. The number of aromatic nitrogens is 2. The molecular formula is C20H22N4O2S2. The van der Waals surface area contributed by atoms with Gasteiger partial charge in [-0.15, -0.1) is 10.2 Å². The van der Waals surface area contributed by atoms with Crippen molar-refractivity contribution in [2.24, 2.45) is 0 Å². The number of ether oxygens (including phenoxy) is 1. The molecule has 3 aromatic rings. The number of methoxy groups -OCH3 is 1. The predicted molar refractivity (Wildman–Crippen MR) is 116 cm³/mol. The minimum Gasteiger partial charge on any atom is -0.497 e. The number of carbonyl (C=O) groups is 1. The Morgan fingerprint density at radius 2 is 1.93 bits per heavy atom. The van der Waals surface area contributed by atoms with Gasteiger partial charge in [-0.3, -0.25) is 4.79 Å². The molecule has 0 radical (unpaired) electrons. The SMILES string of the molecule is COc1cccc(NC(=O)[C@@H](C)Sc2nnc(Nc3ccc(C)c(C)c3)s2)c1. The lowest BCUT2D eigenvalue weighted by molar-refractivity contribution is -0.115. The second-order valence-electron chi connectivity index (χ2n) is 6.28. The number of aryl methyl sites for hydroxylation is 2. The summed E-state index contributed by atoms with van der Waals surface area (Å²) in [5.74, 6) is 0.599. The third-order valence-electron chi connectivity index (χ3n) is 4.15. The van der Waals surface area contributed by atoms with E-state index in [9.17, 15) is 4.79 Å². The van der Waals surface area contributed by atoms with Crippen LogP contribution in [0.15, 0.2) is 46.8 Å². The molecule has 2 aromatic carbocycles. The van der Waals surface area contributed by atoms with E-state index in [0.717, 1.165) is 10.0 Å². The summed E-state index contributed by atoms with van der Waals surface area (Å²) in [5.41, 5.74) is 4.13. The van der Waals surface area contributed by atoms with Gasteiger partial charge in [-0.25, -0.2) is 0 Å². The number of carbonyl (C=O) groups excluding carboxylic acids is 1. The van der Waals surface area contributed by atoms with Crippen molar-refractivity contribution in [1.29, 1.82) is 0 Å². The fourth-order valence-electron chi connectivity index (χ4n) is 2.40. The molecule has 0 spiro atoms. The van der Waals surface area contributed by atoms with E-state index in [1.165, 1.54) is 34.2 Å². The van der Waals surface area contributed by atoms with Crippen molar-refractivity contribution in [2.45, 2.75) is 30.4 Å². The highest BCUT2D eigenvalue weighted by Gasteiger charge is 2.17. The zero-order chi connectivity index (χ0) is 20.1. The molecule has 1 heterocycles. The molecule has 8 heteroatoms. The van der Waals surface area contributed by atoms with Crippen molar-refractivity contribution < 1.29 is 9.53 Å². The molecule has 0 aliphatic rings. The Balaban J connectivity index is 1.58. The summed E-state index contributed by atoms with van der Waals surface area (Å²) in [7, 11) is 1.60. The van der Waals surface area contributed by atoms with Gasteiger partial charge in [0.05, 0.1) is 12.4 Å². The Morgan fingerprint density at radius 3 is 2.68 bits per heavy atom. The highest BCUT2D eigenvalue weighted by Crippen LogP contribution is 2.31. The third-order valence-corrected chi connectivity index (χ3v) is 6.17. The summed E-state index contributed by atoms with van der Waals surface area (Å²) in [4.78, 5) is 12.5. The molecule has 28 heavy (non-hydrogen) atoms. The molecule has 0 saturated carbocycles. The van der Waals surface area contributed by atoms with Crippen LogP contribution in [-0.4, -0.2) is 28.5 Å². The van der Waals surface area contributed by atoms with E-state index in [0.29, 0.717) is 16.6 Å². The number of nitrogens with zero attached hydrogens (tertiary/aromatic N) is 2. The van der Waals surface area contributed by atoms with Crippen LogP contribution in [0.4, 0.5) is 16.5 Å². The lowest BCUT2D eigenvalue weighted by Gasteiger charge is -2.11. The van der Waals surface area contributed by atoms with Gasteiger partial charge >= 0.3 is 0 Å². The number of hydrogen-bond donors (Lipinski definition) is 2. The average molecular weight is 415 g/mol. The van der Waals surface area contributed by atoms with Crippen molar-refractivity contribution in [3.63, 3.8) is 0 Å². The molecule has 1 amide bonds. The Hall–Kier alpha value is -2.58. The molecule has 0 fully saturated rings. The summed E-state index contributed by atoms with van der Waals surface area (Å²) in [5, 5.41) is 14.9. The van der Waals surface area contributed by atoms with Gasteiger partial charge in [0, 0.05) is 17.4 Å². The number of nitrogens with one attached hydrogen (secondary N) is 2. The molecule has 2 N–H and O–H groups in total. The fourth-order valence-corrected chi connectivity index (χ4v) is 4.32. The summed E-state index contributed by atoms with van der Waals surface area (Å²) in [6.07, 6.45) is 0. The smallest absolute Gasteiger partial charge is 0.237 e. The molecule has 0 aliphatic carbocycles. The topological polar surface area (TPSA) is 76.1 Å². The maximum atomic E-state index is 12.5. The number of benzene rings is 2. The van der Waals surface area contributed by atoms with E-state index in [4.69, 9.17) is 4.74 Å². The van der Waals surface area contributed by atoms with Crippen molar-refractivity contribution >= 4 is 45.5 Å². The minimum absolute atomic E-state index is 0.0999. The van der Waals surface area contributed by atoms with E-state index in [2.05, 4.69) is 46.8 Å². The van der Waals surface area contributed by atoms with Gasteiger partial charge < -0.3 is 15.4 Å². The van der Waals surface area contributed by atoms with E-state index >= 15 is 0 Å². The zero-order valence-corrected chi connectivity index (χ0v) is 17.8. The predicted octanol–water partition coefficient (Wildman–Crippen LogP) is 5.03. The van der Waals surface area contributed by atoms with Gasteiger partial charge in [0.2, 0.25) is 11.0 Å². The molecule has 1 atom stereocenters. The van der Waals surface area contributed by atoms with E-state index in [1.54, 1.807) is 13.2 Å². The molecule has 0 unspecified atom stereocenters. The lowest BCUT2D eigenvalue weighted by Crippen LogP contribution is -2.22. The Labute approximate surface area is 172 Å². The maximum absolute atomic E-state index is 12.5. The van der Waals surface area contributed by atoms with Crippen LogP contribution < -0.4 is 15.4 Å². The number of rotatable bonds is 7. The first kappa shape index (κ1) is 20.2. The van der Waals surface area contributed by atoms with Crippen molar-refractivity contribution in [1.82, 2.24) is 10.2 Å². The number of amides is 1.